The Bertz CT molecular complexity index is 460. The molecule has 0 atom stereocenters. The van der Waals surface area contributed by atoms with Crippen LogP contribution in [0.5, 0.6) is 0 Å². The molecule has 0 radical (unpaired) electrons. The third-order valence-corrected chi connectivity index (χ3v) is 4.46. The van der Waals surface area contributed by atoms with E-state index in [4.69, 9.17) is 0 Å². The Labute approximate surface area is 118 Å². The number of nitrogens with zero attached hydrogens (tertiary/aromatic N) is 1. The third-order valence-electron chi connectivity index (χ3n) is 3.72. The fourth-order valence-electron chi connectivity index (χ4n) is 2.41. The molecule has 1 aromatic rings. The Balaban J connectivity index is 2.03. The molecule has 102 valence electrons. The van der Waals surface area contributed by atoms with E-state index in [0.29, 0.717) is 18.6 Å². The maximum Gasteiger partial charge on any atom is 0.253 e. The van der Waals surface area contributed by atoms with Gasteiger partial charge in [-0.05, 0) is 43.4 Å². The zero-order chi connectivity index (χ0) is 13.8. The van der Waals surface area contributed by atoms with Crippen LogP contribution in [0.15, 0.2) is 29.2 Å². The van der Waals surface area contributed by atoms with E-state index in [1.54, 1.807) is 16.7 Å². The second-order valence-electron chi connectivity index (χ2n) is 4.91. The molecule has 1 amide bonds. The van der Waals surface area contributed by atoms with Gasteiger partial charge in [0, 0.05) is 36.4 Å². The van der Waals surface area contributed by atoms with E-state index in [1.807, 2.05) is 37.6 Å². The predicted octanol–water partition coefficient (Wildman–Crippen LogP) is 2.99. The highest BCUT2D eigenvalue weighted by molar-refractivity contribution is 7.98. The molecule has 2 rings (SSSR count). The summed E-state index contributed by atoms with van der Waals surface area (Å²) in [7, 11) is 1.84. The monoisotopic (exact) mass is 277 g/mol. The first-order chi connectivity index (χ1) is 9.11. The van der Waals surface area contributed by atoms with Crippen molar-refractivity contribution in [2.24, 2.45) is 0 Å². The van der Waals surface area contributed by atoms with Gasteiger partial charge in [-0.25, -0.2) is 0 Å². The minimum Gasteiger partial charge on any atom is -0.339 e. The van der Waals surface area contributed by atoms with Crippen molar-refractivity contribution in [1.82, 2.24) is 4.90 Å². The normalized spacial score (nSPS) is 16.4. The van der Waals surface area contributed by atoms with Gasteiger partial charge < -0.3 is 4.90 Å². The molecule has 0 aliphatic heterocycles. The van der Waals surface area contributed by atoms with E-state index in [2.05, 4.69) is 0 Å². The molecule has 1 aliphatic carbocycles. The molecule has 4 heteroatoms. The van der Waals surface area contributed by atoms with Gasteiger partial charge in [-0.1, -0.05) is 0 Å². The first-order valence-corrected chi connectivity index (χ1v) is 7.77. The van der Waals surface area contributed by atoms with Crippen LogP contribution in [-0.4, -0.2) is 35.9 Å². The zero-order valence-corrected chi connectivity index (χ0v) is 12.2. The maximum atomic E-state index is 12.4. The SMILES string of the molecule is CSc1ccc(C(=O)N(C)C2CCC(=O)CC2)cc1. The Kier molecular flexibility index (Phi) is 4.64. The summed E-state index contributed by atoms with van der Waals surface area (Å²) in [6.45, 7) is 0. The lowest BCUT2D eigenvalue weighted by Crippen LogP contribution is -2.39. The van der Waals surface area contributed by atoms with Crippen LogP contribution in [-0.2, 0) is 4.79 Å². The van der Waals surface area contributed by atoms with Gasteiger partial charge in [0.05, 0.1) is 0 Å². The van der Waals surface area contributed by atoms with Gasteiger partial charge in [0.2, 0.25) is 0 Å². The molecule has 1 fully saturated rings. The van der Waals surface area contributed by atoms with E-state index >= 15 is 0 Å². The Morgan fingerprint density at radius 3 is 2.32 bits per heavy atom. The van der Waals surface area contributed by atoms with Crippen LogP contribution in [0.1, 0.15) is 36.0 Å². The summed E-state index contributed by atoms with van der Waals surface area (Å²) in [6.07, 6.45) is 4.82. The molecule has 0 unspecified atom stereocenters. The van der Waals surface area contributed by atoms with Gasteiger partial charge in [0.25, 0.3) is 5.91 Å². The summed E-state index contributed by atoms with van der Waals surface area (Å²) in [5.74, 6) is 0.369. The second-order valence-corrected chi connectivity index (χ2v) is 5.79. The molecule has 0 aromatic heterocycles. The highest BCUT2D eigenvalue weighted by atomic mass is 32.2. The van der Waals surface area contributed by atoms with Crippen molar-refractivity contribution < 1.29 is 9.59 Å². The van der Waals surface area contributed by atoms with Gasteiger partial charge in [-0.2, -0.15) is 0 Å². The van der Waals surface area contributed by atoms with Crippen LogP contribution in [0.3, 0.4) is 0 Å². The molecule has 0 spiro atoms. The number of amides is 1. The minimum absolute atomic E-state index is 0.0482. The molecule has 0 saturated heterocycles. The van der Waals surface area contributed by atoms with Crippen molar-refractivity contribution in [3.05, 3.63) is 29.8 Å². The van der Waals surface area contributed by atoms with E-state index < -0.39 is 0 Å². The number of Topliss-reactive ketones (excluding diaryl/α,β-unsaturated/α-hetero) is 1. The number of ketones is 1. The van der Waals surface area contributed by atoms with Crippen LogP contribution in [0.2, 0.25) is 0 Å². The average Bonchev–Trinajstić information content (AvgIpc) is 2.46. The second kappa shape index (κ2) is 6.24. The Morgan fingerprint density at radius 1 is 1.21 bits per heavy atom. The van der Waals surface area contributed by atoms with E-state index in [9.17, 15) is 9.59 Å². The fourth-order valence-corrected chi connectivity index (χ4v) is 2.82. The summed E-state index contributed by atoms with van der Waals surface area (Å²) < 4.78 is 0. The summed E-state index contributed by atoms with van der Waals surface area (Å²) in [6, 6.07) is 7.88. The van der Waals surface area contributed by atoms with Gasteiger partial charge in [0.15, 0.2) is 0 Å². The molecule has 0 N–H and O–H groups in total. The van der Waals surface area contributed by atoms with Crippen molar-refractivity contribution in [3.8, 4) is 0 Å². The van der Waals surface area contributed by atoms with E-state index in [0.717, 1.165) is 23.3 Å². The quantitative estimate of drug-likeness (QED) is 0.797. The lowest BCUT2D eigenvalue weighted by Gasteiger charge is -2.30. The largest absolute Gasteiger partial charge is 0.339 e. The van der Waals surface area contributed by atoms with Crippen molar-refractivity contribution in [1.29, 1.82) is 0 Å². The van der Waals surface area contributed by atoms with E-state index in [1.165, 1.54) is 0 Å². The Morgan fingerprint density at radius 2 is 1.79 bits per heavy atom. The average molecular weight is 277 g/mol. The highest BCUT2D eigenvalue weighted by Crippen LogP contribution is 2.22. The summed E-state index contributed by atoms with van der Waals surface area (Å²) in [5.41, 5.74) is 0.720. The lowest BCUT2D eigenvalue weighted by atomic mass is 9.93. The topological polar surface area (TPSA) is 37.4 Å². The van der Waals surface area contributed by atoms with Crippen LogP contribution >= 0.6 is 11.8 Å². The summed E-state index contributed by atoms with van der Waals surface area (Å²) in [4.78, 5) is 26.5. The standard InChI is InChI=1S/C15H19NO2S/c1-16(12-5-7-13(17)8-6-12)15(18)11-3-9-14(19-2)10-4-11/h3-4,9-10,12H,5-8H2,1-2H3. The van der Waals surface area contributed by atoms with Crippen molar-refractivity contribution in [2.75, 3.05) is 13.3 Å². The third kappa shape index (κ3) is 3.38. The van der Waals surface area contributed by atoms with Crippen molar-refractivity contribution in [2.45, 2.75) is 36.6 Å². The first kappa shape index (κ1) is 14.1. The van der Waals surface area contributed by atoms with Gasteiger partial charge in [-0.3, -0.25) is 9.59 Å². The number of hydrogen-bond donors (Lipinski definition) is 0. The highest BCUT2D eigenvalue weighted by Gasteiger charge is 2.25. The first-order valence-electron chi connectivity index (χ1n) is 6.54. The van der Waals surface area contributed by atoms with Crippen LogP contribution in [0.25, 0.3) is 0 Å². The summed E-state index contributed by atoms with van der Waals surface area (Å²) in [5, 5.41) is 0. The molecule has 1 aliphatic rings. The number of rotatable bonds is 3. The Hall–Kier alpha value is -1.29. The number of thioether (sulfide) groups is 1. The van der Waals surface area contributed by atoms with Gasteiger partial charge in [0.1, 0.15) is 5.78 Å². The van der Waals surface area contributed by atoms with Crippen LogP contribution in [0, 0.1) is 0 Å². The molecular weight excluding hydrogens is 258 g/mol. The van der Waals surface area contributed by atoms with Crippen molar-refractivity contribution in [3.63, 3.8) is 0 Å². The molecule has 1 saturated carbocycles. The zero-order valence-electron chi connectivity index (χ0n) is 11.4. The van der Waals surface area contributed by atoms with E-state index in [-0.39, 0.29) is 11.9 Å². The van der Waals surface area contributed by atoms with Crippen molar-refractivity contribution >= 4 is 23.5 Å². The van der Waals surface area contributed by atoms with Gasteiger partial charge >= 0.3 is 0 Å². The molecule has 3 nitrogen and oxygen atoms in total. The number of benzene rings is 1. The number of hydrogen-bond acceptors (Lipinski definition) is 3. The maximum absolute atomic E-state index is 12.4. The molecule has 0 bridgehead atoms. The smallest absolute Gasteiger partial charge is 0.253 e. The van der Waals surface area contributed by atoms with Gasteiger partial charge in [-0.15, -0.1) is 11.8 Å². The lowest BCUT2D eigenvalue weighted by molar-refractivity contribution is -0.121. The number of carbonyl (C=O) groups excluding carboxylic acids is 2. The van der Waals surface area contributed by atoms with Crippen LogP contribution < -0.4 is 0 Å². The molecule has 0 heterocycles. The summed E-state index contributed by atoms with van der Waals surface area (Å²) >= 11 is 1.66. The molecule has 1 aromatic carbocycles. The van der Waals surface area contributed by atoms with Crippen LogP contribution in [0.4, 0.5) is 0 Å². The molecule has 19 heavy (non-hydrogen) atoms. The number of carbonyl (C=O) groups is 2. The molecular formula is C15H19NO2S. The fraction of sp³-hybridized carbons (Fsp3) is 0.467. The minimum atomic E-state index is 0.0482. The predicted molar refractivity (Wildman–Crippen MR) is 77.6 cm³/mol.